The van der Waals surface area contributed by atoms with Gasteiger partial charge in [0.05, 0.1) is 0 Å². The van der Waals surface area contributed by atoms with Crippen molar-refractivity contribution >= 4 is 11.7 Å². The second-order valence-corrected chi connectivity index (χ2v) is 4.53. The fraction of sp³-hybridized carbons (Fsp3) is 0.333. The standard InChI is InChI=1S/C15H19N3O/c1-3-5-13-10-14(18-17-13)16-15(19)12-8-6-11(4-2)7-9-12/h6-10H,3-5H2,1-2H3,(H2,16,17,18,19). The number of benzene rings is 1. The van der Waals surface area contributed by atoms with Crippen LogP contribution in [0, 0.1) is 0 Å². The zero-order valence-electron chi connectivity index (χ0n) is 11.4. The zero-order valence-corrected chi connectivity index (χ0v) is 11.4. The maximum absolute atomic E-state index is 12.0. The van der Waals surface area contributed by atoms with Crippen LogP contribution in [0.2, 0.25) is 0 Å². The average molecular weight is 257 g/mol. The van der Waals surface area contributed by atoms with E-state index >= 15 is 0 Å². The van der Waals surface area contributed by atoms with Gasteiger partial charge in [-0.3, -0.25) is 9.89 Å². The lowest BCUT2D eigenvalue weighted by Gasteiger charge is -2.02. The third kappa shape index (κ3) is 3.44. The molecule has 1 heterocycles. The van der Waals surface area contributed by atoms with Crippen molar-refractivity contribution in [1.82, 2.24) is 10.2 Å². The Hall–Kier alpha value is -2.10. The van der Waals surface area contributed by atoms with E-state index in [0.29, 0.717) is 11.4 Å². The number of carbonyl (C=O) groups is 1. The fourth-order valence-corrected chi connectivity index (χ4v) is 1.90. The number of H-pyrrole nitrogens is 1. The molecule has 0 radical (unpaired) electrons. The topological polar surface area (TPSA) is 57.8 Å². The quantitative estimate of drug-likeness (QED) is 0.864. The summed E-state index contributed by atoms with van der Waals surface area (Å²) in [5.41, 5.74) is 2.91. The van der Waals surface area contributed by atoms with Crippen LogP contribution in [0.15, 0.2) is 30.3 Å². The zero-order chi connectivity index (χ0) is 13.7. The van der Waals surface area contributed by atoms with Gasteiger partial charge in [0.15, 0.2) is 5.82 Å². The van der Waals surface area contributed by atoms with Gasteiger partial charge in [-0.2, -0.15) is 5.10 Å². The predicted octanol–water partition coefficient (Wildman–Crippen LogP) is 3.18. The van der Waals surface area contributed by atoms with Gasteiger partial charge >= 0.3 is 0 Å². The first-order valence-corrected chi connectivity index (χ1v) is 6.67. The highest BCUT2D eigenvalue weighted by Gasteiger charge is 2.08. The number of nitrogens with zero attached hydrogens (tertiary/aromatic N) is 1. The molecule has 0 aliphatic rings. The van der Waals surface area contributed by atoms with Gasteiger partial charge < -0.3 is 5.32 Å². The molecule has 0 spiro atoms. The molecule has 4 nitrogen and oxygen atoms in total. The summed E-state index contributed by atoms with van der Waals surface area (Å²) in [6, 6.07) is 9.51. The number of amides is 1. The van der Waals surface area contributed by atoms with Crippen molar-refractivity contribution in [3.05, 3.63) is 47.2 Å². The van der Waals surface area contributed by atoms with Crippen molar-refractivity contribution in [2.24, 2.45) is 0 Å². The van der Waals surface area contributed by atoms with E-state index in [4.69, 9.17) is 0 Å². The minimum absolute atomic E-state index is 0.128. The van der Waals surface area contributed by atoms with E-state index in [1.165, 1.54) is 5.56 Å². The van der Waals surface area contributed by atoms with Gasteiger partial charge in [-0.1, -0.05) is 32.4 Å². The molecule has 2 rings (SSSR count). The number of aromatic amines is 1. The van der Waals surface area contributed by atoms with Crippen LogP contribution >= 0.6 is 0 Å². The smallest absolute Gasteiger partial charge is 0.256 e. The van der Waals surface area contributed by atoms with Gasteiger partial charge in [0.2, 0.25) is 0 Å². The molecule has 4 heteroatoms. The highest BCUT2D eigenvalue weighted by molar-refractivity contribution is 6.03. The molecular formula is C15H19N3O. The Morgan fingerprint density at radius 1 is 1.26 bits per heavy atom. The molecule has 19 heavy (non-hydrogen) atoms. The van der Waals surface area contributed by atoms with Gasteiger partial charge in [0.25, 0.3) is 5.91 Å². The van der Waals surface area contributed by atoms with Crippen LogP contribution in [0.4, 0.5) is 5.82 Å². The van der Waals surface area contributed by atoms with Crippen molar-refractivity contribution in [3.8, 4) is 0 Å². The third-order valence-electron chi connectivity index (χ3n) is 3.02. The molecule has 0 saturated carbocycles. The molecule has 0 aliphatic heterocycles. The Kier molecular flexibility index (Phi) is 4.34. The van der Waals surface area contributed by atoms with Crippen LogP contribution in [0.1, 0.15) is 41.9 Å². The maximum Gasteiger partial charge on any atom is 0.256 e. The molecule has 1 aromatic heterocycles. The Morgan fingerprint density at radius 3 is 2.63 bits per heavy atom. The van der Waals surface area contributed by atoms with Gasteiger partial charge in [0.1, 0.15) is 0 Å². The average Bonchev–Trinajstić information content (AvgIpc) is 2.86. The number of hydrogen-bond acceptors (Lipinski definition) is 2. The third-order valence-corrected chi connectivity index (χ3v) is 3.02. The van der Waals surface area contributed by atoms with Crippen molar-refractivity contribution in [2.75, 3.05) is 5.32 Å². The largest absolute Gasteiger partial charge is 0.305 e. The maximum atomic E-state index is 12.0. The van der Waals surface area contributed by atoms with Crippen molar-refractivity contribution < 1.29 is 4.79 Å². The summed E-state index contributed by atoms with van der Waals surface area (Å²) in [6.07, 6.45) is 2.96. The van der Waals surface area contributed by atoms with Gasteiger partial charge in [-0.05, 0) is 30.5 Å². The molecular weight excluding hydrogens is 238 g/mol. The Balaban J connectivity index is 2.02. The summed E-state index contributed by atoms with van der Waals surface area (Å²) in [5.74, 6) is 0.449. The minimum Gasteiger partial charge on any atom is -0.305 e. The second kappa shape index (κ2) is 6.18. The molecule has 0 bridgehead atoms. The lowest BCUT2D eigenvalue weighted by atomic mass is 10.1. The lowest BCUT2D eigenvalue weighted by Crippen LogP contribution is -2.12. The fourth-order valence-electron chi connectivity index (χ4n) is 1.90. The number of anilines is 1. The summed E-state index contributed by atoms with van der Waals surface area (Å²) in [6.45, 7) is 4.20. The molecule has 0 aliphatic carbocycles. The number of carbonyl (C=O) groups excluding carboxylic acids is 1. The molecule has 1 aromatic carbocycles. The Morgan fingerprint density at radius 2 is 2.00 bits per heavy atom. The number of hydrogen-bond donors (Lipinski definition) is 2. The van der Waals surface area contributed by atoms with Crippen molar-refractivity contribution in [3.63, 3.8) is 0 Å². The molecule has 0 unspecified atom stereocenters. The van der Waals surface area contributed by atoms with Gasteiger partial charge in [0, 0.05) is 17.3 Å². The highest BCUT2D eigenvalue weighted by atomic mass is 16.1. The van der Waals surface area contributed by atoms with E-state index in [9.17, 15) is 4.79 Å². The molecule has 0 saturated heterocycles. The molecule has 0 atom stereocenters. The van der Waals surface area contributed by atoms with E-state index in [1.54, 1.807) is 0 Å². The van der Waals surface area contributed by atoms with E-state index < -0.39 is 0 Å². The summed E-state index contributed by atoms with van der Waals surface area (Å²) in [4.78, 5) is 12.0. The van der Waals surface area contributed by atoms with Crippen LogP contribution in [0.3, 0.4) is 0 Å². The molecule has 2 N–H and O–H groups in total. The van der Waals surface area contributed by atoms with E-state index in [1.807, 2.05) is 30.3 Å². The molecule has 0 fully saturated rings. The molecule has 100 valence electrons. The first kappa shape index (κ1) is 13.3. The van der Waals surface area contributed by atoms with E-state index in [0.717, 1.165) is 25.0 Å². The summed E-state index contributed by atoms with van der Waals surface area (Å²) < 4.78 is 0. The van der Waals surface area contributed by atoms with E-state index in [-0.39, 0.29) is 5.91 Å². The first-order chi connectivity index (χ1) is 9.22. The van der Waals surface area contributed by atoms with Crippen molar-refractivity contribution in [1.29, 1.82) is 0 Å². The summed E-state index contributed by atoms with van der Waals surface area (Å²) in [5, 5.41) is 9.79. The lowest BCUT2D eigenvalue weighted by molar-refractivity contribution is 0.102. The Labute approximate surface area is 113 Å². The van der Waals surface area contributed by atoms with Crippen LogP contribution in [0.25, 0.3) is 0 Å². The minimum atomic E-state index is -0.128. The predicted molar refractivity (Wildman–Crippen MR) is 76.4 cm³/mol. The SMILES string of the molecule is CCCc1cc(NC(=O)c2ccc(CC)cc2)n[nH]1. The van der Waals surface area contributed by atoms with Gasteiger partial charge in [-0.15, -0.1) is 0 Å². The highest BCUT2D eigenvalue weighted by Crippen LogP contribution is 2.10. The number of rotatable bonds is 5. The van der Waals surface area contributed by atoms with Crippen LogP contribution in [-0.4, -0.2) is 16.1 Å². The Bertz CT molecular complexity index is 543. The number of aryl methyl sites for hydroxylation is 2. The molecule has 2 aromatic rings. The van der Waals surface area contributed by atoms with Crippen LogP contribution in [0.5, 0.6) is 0 Å². The van der Waals surface area contributed by atoms with Gasteiger partial charge in [-0.25, -0.2) is 0 Å². The van der Waals surface area contributed by atoms with Crippen LogP contribution in [-0.2, 0) is 12.8 Å². The summed E-state index contributed by atoms with van der Waals surface area (Å²) >= 11 is 0. The monoisotopic (exact) mass is 257 g/mol. The second-order valence-electron chi connectivity index (χ2n) is 4.53. The normalized spacial score (nSPS) is 10.4. The van der Waals surface area contributed by atoms with Crippen molar-refractivity contribution in [2.45, 2.75) is 33.1 Å². The number of aromatic nitrogens is 2. The number of nitrogens with one attached hydrogen (secondary N) is 2. The summed E-state index contributed by atoms with van der Waals surface area (Å²) in [7, 11) is 0. The molecule has 1 amide bonds. The first-order valence-electron chi connectivity index (χ1n) is 6.67. The van der Waals surface area contributed by atoms with Crippen LogP contribution < -0.4 is 5.32 Å². The van der Waals surface area contributed by atoms with E-state index in [2.05, 4.69) is 29.4 Å².